The summed E-state index contributed by atoms with van der Waals surface area (Å²) in [6.45, 7) is 2.76. The lowest BCUT2D eigenvalue weighted by Gasteiger charge is -2.13. The SMILES string of the molecule is COc1ccccc1Cn1c(=O)c2ccccc2n2c(SCC(=O)NCc3ccccc3C)nnc12. The smallest absolute Gasteiger partial charge is 0.263 e. The first-order valence-corrected chi connectivity index (χ1v) is 12.5. The van der Waals surface area contributed by atoms with Crippen molar-refractivity contribution in [2.45, 2.75) is 25.2 Å². The van der Waals surface area contributed by atoms with Gasteiger partial charge in [0, 0.05) is 12.1 Å². The minimum atomic E-state index is -0.163. The molecule has 36 heavy (non-hydrogen) atoms. The number of para-hydroxylation sites is 2. The van der Waals surface area contributed by atoms with Crippen LogP contribution >= 0.6 is 11.8 Å². The molecule has 2 aromatic heterocycles. The van der Waals surface area contributed by atoms with Gasteiger partial charge in [0.05, 0.1) is 30.3 Å². The van der Waals surface area contributed by atoms with Crippen LogP contribution in [0, 0.1) is 6.92 Å². The largest absolute Gasteiger partial charge is 0.496 e. The summed E-state index contributed by atoms with van der Waals surface area (Å²) in [6.07, 6.45) is 0. The molecule has 0 aliphatic heterocycles. The van der Waals surface area contributed by atoms with Crippen LogP contribution in [0.3, 0.4) is 0 Å². The quantitative estimate of drug-likeness (QED) is 0.327. The molecule has 0 unspecified atom stereocenters. The highest BCUT2D eigenvalue weighted by Crippen LogP contribution is 2.24. The topological polar surface area (TPSA) is 90.5 Å². The van der Waals surface area contributed by atoms with E-state index in [0.717, 1.165) is 16.7 Å². The van der Waals surface area contributed by atoms with Gasteiger partial charge in [-0.3, -0.25) is 18.6 Å². The molecule has 0 saturated heterocycles. The number of nitrogens with zero attached hydrogens (tertiary/aromatic N) is 4. The van der Waals surface area contributed by atoms with Crippen molar-refractivity contribution < 1.29 is 9.53 Å². The monoisotopic (exact) mass is 499 g/mol. The molecular formula is C27H25N5O3S. The molecular weight excluding hydrogens is 474 g/mol. The van der Waals surface area contributed by atoms with Gasteiger partial charge in [-0.2, -0.15) is 0 Å². The van der Waals surface area contributed by atoms with Gasteiger partial charge in [0.2, 0.25) is 11.7 Å². The van der Waals surface area contributed by atoms with Gasteiger partial charge in [-0.15, -0.1) is 10.2 Å². The van der Waals surface area contributed by atoms with Crippen molar-refractivity contribution in [3.05, 3.63) is 99.8 Å². The number of carbonyl (C=O) groups is 1. The Morgan fingerprint density at radius 1 is 0.972 bits per heavy atom. The number of rotatable bonds is 8. The molecule has 0 saturated carbocycles. The molecule has 2 heterocycles. The Morgan fingerprint density at radius 3 is 2.50 bits per heavy atom. The second-order valence-electron chi connectivity index (χ2n) is 8.33. The Kier molecular flexibility index (Phi) is 6.73. The standard InChI is InChI=1S/C27H25N5O3S/c1-18-9-3-4-10-19(18)15-28-24(33)17-36-27-30-29-26-31(16-20-11-5-8-14-23(20)35-2)25(34)21-12-6-7-13-22(21)32(26)27/h3-14H,15-17H2,1-2H3,(H,28,33). The van der Waals surface area contributed by atoms with E-state index < -0.39 is 0 Å². The molecule has 1 amide bonds. The fourth-order valence-corrected chi connectivity index (χ4v) is 4.93. The number of methoxy groups -OCH3 is 1. The second kappa shape index (κ2) is 10.2. The number of hydrogen-bond donors (Lipinski definition) is 1. The van der Waals surface area contributed by atoms with Crippen LogP contribution in [0.1, 0.15) is 16.7 Å². The zero-order chi connectivity index (χ0) is 25.1. The lowest BCUT2D eigenvalue weighted by molar-refractivity contribution is -0.118. The number of nitrogens with one attached hydrogen (secondary N) is 1. The number of benzene rings is 3. The third-order valence-electron chi connectivity index (χ3n) is 6.07. The highest BCUT2D eigenvalue weighted by molar-refractivity contribution is 7.99. The number of thioether (sulfide) groups is 1. The molecule has 182 valence electrons. The normalized spacial score (nSPS) is 11.2. The average Bonchev–Trinajstić information content (AvgIpc) is 3.33. The highest BCUT2D eigenvalue weighted by atomic mass is 32.2. The molecule has 0 aliphatic rings. The zero-order valence-electron chi connectivity index (χ0n) is 20.0. The van der Waals surface area contributed by atoms with Gasteiger partial charge < -0.3 is 10.1 Å². The Morgan fingerprint density at radius 2 is 1.69 bits per heavy atom. The number of aryl methyl sites for hydroxylation is 1. The maximum Gasteiger partial charge on any atom is 0.263 e. The van der Waals surface area contributed by atoms with E-state index in [-0.39, 0.29) is 23.8 Å². The summed E-state index contributed by atoms with van der Waals surface area (Å²) in [4.78, 5) is 26.0. The molecule has 3 aromatic carbocycles. The molecule has 0 spiro atoms. The first-order valence-electron chi connectivity index (χ1n) is 11.5. The van der Waals surface area contributed by atoms with E-state index >= 15 is 0 Å². The Labute approximate surface area is 211 Å². The summed E-state index contributed by atoms with van der Waals surface area (Å²) in [7, 11) is 1.60. The summed E-state index contributed by atoms with van der Waals surface area (Å²) in [5.74, 6) is 1.17. The third-order valence-corrected chi connectivity index (χ3v) is 7.00. The number of ether oxygens (including phenoxy) is 1. The van der Waals surface area contributed by atoms with Crippen molar-refractivity contribution in [2.24, 2.45) is 0 Å². The molecule has 0 atom stereocenters. The van der Waals surface area contributed by atoms with Crippen LogP contribution in [-0.2, 0) is 17.9 Å². The summed E-state index contributed by atoms with van der Waals surface area (Å²) in [6, 6.07) is 22.9. The van der Waals surface area contributed by atoms with E-state index in [4.69, 9.17) is 4.74 Å². The van der Waals surface area contributed by atoms with Crippen LogP contribution in [0.25, 0.3) is 16.7 Å². The number of fused-ring (bicyclic) bond motifs is 3. The van der Waals surface area contributed by atoms with Gasteiger partial charge in [-0.25, -0.2) is 0 Å². The summed E-state index contributed by atoms with van der Waals surface area (Å²) >= 11 is 1.28. The van der Waals surface area contributed by atoms with Crippen molar-refractivity contribution in [3.8, 4) is 5.75 Å². The van der Waals surface area contributed by atoms with Crippen LogP contribution in [0.5, 0.6) is 5.75 Å². The minimum absolute atomic E-state index is 0.105. The lowest BCUT2D eigenvalue weighted by Crippen LogP contribution is -2.25. The first kappa shape index (κ1) is 23.6. The van der Waals surface area contributed by atoms with Gasteiger partial charge in [0.1, 0.15) is 5.75 Å². The summed E-state index contributed by atoms with van der Waals surface area (Å²) < 4.78 is 8.91. The van der Waals surface area contributed by atoms with E-state index in [0.29, 0.717) is 34.1 Å². The second-order valence-corrected chi connectivity index (χ2v) is 9.27. The van der Waals surface area contributed by atoms with Gasteiger partial charge >= 0.3 is 0 Å². The van der Waals surface area contributed by atoms with Crippen molar-refractivity contribution >= 4 is 34.3 Å². The molecule has 5 aromatic rings. The highest BCUT2D eigenvalue weighted by Gasteiger charge is 2.18. The van der Waals surface area contributed by atoms with E-state index in [1.165, 1.54) is 11.8 Å². The zero-order valence-corrected chi connectivity index (χ0v) is 20.8. The van der Waals surface area contributed by atoms with Gasteiger partial charge in [0.25, 0.3) is 5.56 Å². The van der Waals surface area contributed by atoms with Gasteiger partial charge in [0.15, 0.2) is 5.16 Å². The van der Waals surface area contributed by atoms with Gasteiger partial charge in [-0.1, -0.05) is 66.4 Å². The number of amides is 1. The van der Waals surface area contributed by atoms with Gasteiger partial charge in [-0.05, 0) is 36.2 Å². The van der Waals surface area contributed by atoms with E-state index in [1.54, 1.807) is 17.7 Å². The predicted molar refractivity (Wildman–Crippen MR) is 141 cm³/mol. The third kappa shape index (κ3) is 4.57. The maximum atomic E-state index is 13.4. The average molecular weight is 500 g/mol. The van der Waals surface area contributed by atoms with Crippen LogP contribution in [0.2, 0.25) is 0 Å². The Bertz CT molecular complexity index is 1630. The van der Waals surface area contributed by atoms with Crippen molar-refractivity contribution in [2.75, 3.05) is 12.9 Å². The van der Waals surface area contributed by atoms with Crippen LogP contribution in [-0.4, -0.2) is 37.9 Å². The Balaban J connectivity index is 1.46. The first-order chi connectivity index (χ1) is 17.6. The summed E-state index contributed by atoms with van der Waals surface area (Å²) in [5.41, 5.74) is 3.60. The fraction of sp³-hybridized carbons (Fsp3) is 0.185. The molecule has 1 N–H and O–H groups in total. The van der Waals surface area contributed by atoms with Crippen molar-refractivity contribution in [3.63, 3.8) is 0 Å². The number of carbonyl (C=O) groups excluding carboxylic acids is 1. The number of aromatic nitrogens is 4. The molecule has 9 heteroatoms. The van der Waals surface area contributed by atoms with Crippen LogP contribution in [0.15, 0.2) is 82.7 Å². The molecule has 0 fully saturated rings. The molecule has 0 bridgehead atoms. The van der Waals surface area contributed by atoms with E-state index in [9.17, 15) is 9.59 Å². The summed E-state index contributed by atoms with van der Waals surface area (Å²) in [5, 5.41) is 12.7. The predicted octanol–water partition coefficient (Wildman–Crippen LogP) is 3.82. The van der Waals surface area contributed by atoms with Crippen LogP contribution in [0.4, 0.5) is 0 Å². The van der Waals surface area contributed by atoms with Crippen molar-refractivity contribution in [1.82, 2.24) is 24.5 Å². The molecule has 8 nitrogen and oxygen atoms in total. The Hall–Kier alpha value is -4.11. The molecule has 0 radical (unpaired) electrons. The maximum absolute atomic E-state index is 13.4. The molecule has 0 aliphatic carbocycles. The fourth-order valence-electron chi connectivity index (χ4n) is 4.16. The van der Waals surface area contributed by atoms with E-state index in [2.05, 4.69) is 15.5 Å². The lowest BCUT2D eigenvalue weighted by atomic mass is 10.1. The van der Waals surface area contributed by atoms with E-state index in [1.807, 2.05) is 78.1 Å². The number of hydrogen-bond acceptors (Lipinski definition) is 6. The minimum Gasteiger partial charge on any atom is -0.496 e. The van der Waals surface area contributed by atoms with Crippen molar-refractivity contribution in [1.29, 1.82) is 0 Å². The molecule has 5 rings (SSSR count). The van der Waals surface area contributed by atoms with Crippen LogP contribution < -0.4 is 15.6 Å².